The van der Waals surface area contributed by atoms with E-state index in [-0.39, 0.29) is 19.1 Å². The Labute approximate surface area is 109 Å². The summed E-state index contributed by atoms with van der Waals surface area (Å²) in [6.45, 7) is 8.23. The van der Waals surface area contributed by atoms with Crippen molar-refractivity contribution in [3.8, 4) is 0 Å². The van der Waals surface area contributed by atoms with Crippen LogP contribution in [0.5, 0.6) is 0 Å². The zero-order valence-electron chi connectivity index (χ0n) is 11.7. The van der Waals surface area contributed by atoms with Gasteiger partial charge in [-0.1, -0.05) is 34.1 Å². The van der Waals surface area contributed by atoms with Crippen molar-refractivity contribution in [1.82, 2.24) is 0 Å². The van der Waals surface area contributed by atoms with Gasteiger partial charge in [0.2, 0.25) is 0 Å². The Morgan fingerprint density at radius 3 is 1.89 bits per heavy atom. The second-order valence-corrected chi connectivity index (χ2v) is 4.77. The number of ether oxygens (including phenoxy) is 3. The number of rotatable bonds is 9. The second kappa shape index (κ2) is 9.88. The molecule has 0 aromatic carbocycles. The van der Waals surface area contributed by atoms with Gasteiger partial charge in [0.1, 0.15) is 13.2 Å². The van der Waals surface area contributed by atoms with Gasteiger partial charge in [0.05, 0.1) is 13.2 Å². The molecular weight excluding hydrogens is 236 g/mol. The molecule has 0 aromatic rings. The lowest BCUT2D eigenvalue weighted by atomic mass is 10.1. The molecule has 0 aliphatic rings. The van der Waals surface area contributed by atoms with Crippen molar-refractivity contribution in [3.63, 3.8) is 0 Å². The van der Waals surface area contributed by atoms with Crippen molar-refractivity contribution in [2.45, 2.75) is 34.1 Å². The van der Waals surface area contributed by atoms with Crippen molar-refractivity contribution in [3.05, 3.63) is 0 Å². The first kappa shape index (κ1) is 16.9. The first-order valence-corrected chi connectivity index (χ1v) is 6.34. The highest BCUT2D eigenvalue weighted by atomic mass is 16.6. The number of esters is 2. The lowest BCUT2D eigenvalue weighted by Crippen LogP contribution is -2.21. The van der Waals surface area contributed by atoms with E-state index in [1.54, 1.807) is 0 Å². The quantitative estimate of drug-likeness (QED) is 0.591. The summed E-state index contributed by atoms with van der Waals surface area (Å²) in [7, 11) is 0. The molecule has 0 fully saturated rings. The summed E-state index contributed by atoms with van der Waals surface area (Å²) in [5, 5.41) is 0. The van der Waals surface area contributed by atoms with Gasteiger partial charge >= 0.3 is 11.9 Å². The number of carbonyl (C=O) groups excluding carboxylic acids is 2. The Kier molecular flexibility index (Phi) is 9.28. The molecule has 1 unspecified atom stereocenters. The lowest BCUT2D eigenvalue weighted by Gasteiger charge is -2.10. The molecule has 0 aromatic heterocycles. The fraction of sp³-hybridized carbons (Fsp3) is 0.846. The van der Waals surface area contributed by atoms with Crippen molar-refractivity contribution in [2.24, 2.45) is 11.8 Å². The fourth-order valence-corrected chi connectivity index (χ4v) is 0.914. The third-order valence-electron chi connectivity index (χ3n) is 2.24. The average Bonchev–Trinajstić information content (AvgIpc) is 2.33. The summed E-state index contributed by atoms with van der Waals surface area (Å²) in [5.41, 5.74) is 0. The first-order chi connectivity index (χ1) is 8.45. The zero-order chi connectivity index (χ0) is 14.0. The van der Waals surface area contributed by atoms with Crippen LogP contribution in [0.1, 0.15) is 34.1 Å². The minimum atomic E-state index is -0.460. The van der Waals surface area contributed by atoms with Gasteiger partial charge in [-0.05, 0) is 11.8 Å². The van der Waals surface area contributed by atoms with Crippen molar-refractivity contribution < 1.29 is 23.8 Å². The van der Waals surface area contributed by atoms with E-state index in [0.29, 0.717) is 19.1 Å². The van der Waals surface area contributed by atoms with Gasteiger partial charge < -0.3 is 14.2 Å². The normalized spacial score (nSPS) is 12.3. The van der Waals surface area contributed by atoms with Gasteiger partial charge in [0, 0.05) is 0 Å². The van der Waals surface area contributed by atoms with Gasteiger partial charge in [-0.3, -0.25) is 0 Å². The van der Waals surface area contributed by atoms with Crippen LogP contribution >= 0.6 is 0 Å². The van der Waals surface area contributed by atoms with E-state index in [0.717, 1.165) is 6.42 Å². The highest BCUT2D eigenvalue weighted by Crippen LogP contribution is 2.00. The van der Waals surface area contributed by atoms with Crippen LogP contribution in [0, 0.1) is 11.8 Å². The predicted molar refractivity (Wildman–Crippen MR) is 67.0 cm³/mol. The molecule has 0 aliphatic carbocycles. The van der Waals surface area contributed by atoms with E-state index in [2.05, 4.69) is 0 Å². The maximum atomic E-state index is 11.2. The molecule has 0 rings (SSSR count). The average molecular weight is 260 g/mol. The molecule has 5 nitrogen and oxygen atoms in total. The number of hydrogen-bond donors (Lipinski definition) is 0. The van der Waals surface area contributed by atoms with Crippen molar-refractivity contribution >= 4 is 11.9 Å². The minimum absolute atomic E-state index is 0.215. The Balaban J connectivity index is 3.53. The van der Waals surface area contributed by atoms with E-state index in [1.807, 2.05) is 27.7 Å². The van der Waals surface area contributed by atoms with Crippen LogP contribution in [0.3, 0.4) is 0 Å². The minimum Gasteiger partial charge on any atom is -0.464 e. The maximum absolute atomic E-state index is 11.2. The molecular formula is C13H24O5. The van der Waals surface area contributed by atoms with Crippen LogP contribution in [0.2, 0.25) is 0 Å². The maximum Gasteiger partial charge on any atom is 0.332 e. The molecule has 0 amide bonds. The van der Waals surface area contributed by atoms with Gasteiger partial charge in [-0.15, -0.1) is 0 Å². The fourth-order valence-electron chi connectivity index (χ4n) is 0.914. The summed E-state index contributed by atoms with van der Waals surface area (Å²) >= 11 is 0. The van der Waals surface area contributed by atoms with Gasteiger partial charge in [0.15, 0.2) is 0 Å². The summed E-state index contributed by atoms with van der Waals surface area (Å²) in [5.74, 6) is -0.287. The van der Waals surface area contributed by atoms with E-state index in [9.17, 15) is 9.59 Å². The Morgan fingerprint density at radius 1 is 0.944 bits per heavy atom. The van der Waals surface area contributed by atoms with E-state index < -0.39 is 11.9 Å². The largest absolute Gasteiger partial charge is 0.464 e. The van der Waals surface area contributed by atoms with Crippen LogP contribution in [0.4, 0.5) is 0 Å². The summed E-state index contributed by atoms with van der Waals surface area (Å²) in [6, 6.07) is 0. The molecule has 5 heteroatoms. The Hall–Kier alpha value is -1.10. The summed E-state index contributed by atoms with van der Waals surface area (Å²) in [6.07, 6.45) is 0.954. The van der Waals surface area contributed by atoms with E-state index in [1.165, 1.54) is 0 Å². The Morgan fingerprint density at radius 2 is 1.44 bits per heavy atom. The molecule has 0 aliphatic heterocycles. The molecule has 0 radical (unpaired) electrons. The third-order valence-corrected chi connectivity index (χ3v) is 2.24. The summed E-state index contributed by atoms with van der Waals surface area (Å²) in [4.78, 5) is 22.4. The molecule has 0 N–H and O–H groups in total. The van der Waals surface area contributed by atoms with Crippen LogP contribution in [0.15, 0.2) is 0 Å². The lowest BCUT2D eigenvalue weighted by molar-refractivity contribution is -0.156. The molecule has 0 saturated heterocycles. The molecule has 106 valence electrons. The highest BCUT2D eigenvalue weighted by Gasteiger charge is 2.09. The molecule has 18 heavy (non-hydrogen) atoms. The van der Waals surface area contributed by atoms with Crippen molar-refractivity contribution in [2.75, 3.05) is 26.4 Å². The van der Waals surface area contributed by atoms with Crippen molar-refractivity contribution in [1.29, 1.82) is 0 Å². The zero-order valence-corrected chi connectivity index (χ0v) is 11.7. The van der Waals surface area contributed by atoms with E-state index in [4.69, 9.17) is 14.2 Å². The van der Waals surface area contributed by atoms with Crippen LogP contribution < -0.4 is 0 Å². The number of hydrogen-bond acceptors (Lipinski definition) is 5. The van der Waals surface area contributed by atoms with Crippen LogP contribution in [0.25, 0.3) is 0 Å². The smallest absolute Gasteiger partial charge is 0.332 e. The van der Waals surface area contributed by atoms with Gasteiger partial charge in [-0.25, -0.2) is 9.59 Å². The van der Waals surface area contributed by atoms with Crippen LogP contribution in [-0.2, 0) is 23.8 Å². The number of carbonyl (C=O) groups is 2. The van der Waals surface area contributed by atoms with E-state index >= 15 is 0 Å². The monoisotopic (exact) mass is 260 g/mol. The highest BCUT2D eigenvalue weighted by molar-refractivity contribution is 5.73. The molecule has 0 heterocycles. The van der Waals surface area contributed by atoms with Gasteiger partial charge in [-0.2, -0.15) is 0 Å². The Bertz CT molecular complexity index is 250. The topological polar surface area (TPSA) is 61.8 Å². The SMILES string of the molecule is CCC(C)COC(=O)COCC(=O)OCC(C)C. The first-order valence-electron chi connectivity index (χ1n) is 6.34. The molecule has 0 spiro atoms. The molecule has 0 saturated carbocycles. The predicted octanol–water partition coefficient (Wildman–Crippen LogP) is 1.79. The summed E-state index contributed by atoms with van der Waals surface area (Å²) < 4.78 is 14.7. The standard InChI is InChI=1S/C13H24O5/c1-5-11(4)7-18-13(15)9-16-8-12(14)17-6-10(2)3/h10-11H,5-9H2,1-4H3. The molecule has 1 atom stereocenters. The van der Waals surface area contributed by atoms with Gasteiger partial charge in [0.25, 0.3) is 0 Å². The van der Waals surface area contributed by atoms with Crippen LogP contribution in [-0.4, -0.2) is 38.4 Å². The second-order valence-electron chi connectivity index (χ2n) is 4.77. The third kappa shape index (κ3) is 10.1. The molecule has 0 bridgehead atoms.